The summed E-state index contributed by atoms with van der Waals surface area (Å²) in [4.78, 5) is 44.3. The van der Waals surface area contributed by atoms with Crippen LogP contribution in [0.25, 0.3) is 0 Å². The first-order valence-electron chi connectivity index (χ1n) is 29.4. The number of ether oxygens (including phenoxy) is 8. The van der Waals surface area contributed by atoms with E-state index in [9.17, 15) is 40.2 Å². The average molecular weight is 1100 g/mol. The minimum Gasteiger partial charge on any atom is -0.511 e. The lowest BCUT2D eigenvalue weighted by Crippen LogP contribution is -2.57. The number of esters is 1. The van der Waals surface area contributed by atoms with Gasteiger partial charge in [0.1, 0.15) is 35.4 Å². The fraction of sp³-hybridized carbons (Fsp3) is 0.820. The van der Waals surface area contributed by atoms with Gasteiger partial charge in [-0.15, -0.1) is 0 Å². The van der Waals surface area contributed by atoms with Crippen molar-refractivity contribution in [2.45, 2.75) is 245 Å². The summed E-state index contributed by atoms with van der Waals surface area (Å²) < 4.78 is 51.0. The summed E-state index contributed by atoms with van der Waals surface area (Å²) in [6.07, 6.45) is -0.691. The van der Waals surface area contributed by atoms with Crippen LogP contribution in [0.4, 0.5) is 0 Å². The van der Waals surface area contributed by atoms with Crippen LogP contribution in [-0.2, 0) is 52.3 Å². The summed E-state index contributed by atoms with van der Waals surface area (Å²) in [5.74, 6) is -5.19. The van der Waals surface area contributed by atoms with Crippen molar-refractivity contribution in [1.29, 1.82) is 0 Å². The molecule has 78 heavy (non-hydrogen) atoms. The Morgan fingerprint density at radius 3 is 1.97 bits per heavy atom. The zero-order chi connectivity index (χ0) is 57.1. The van der Waals surface area contributed by atoms with Crippen molar-refractivity contribution in [2.75, 3.05) is 13.7 Å². The van der Waals surface area contributed by atoms with Crippen molar-refractivity contribution in [3.05, 3.63) is 46.3 Å². The van der Waals surface area contributed by atoms with Gasteiger partial charge in [-0.05, 0) is 90.4 Å². The lowest BCUT2D eigenvalue weighted by atomic mass is 9.47. The quantitative estimate of drug-likeness (QED) is 0.0715. The second-order valence-electron chi connectivity index (χ2n) is 25.4. The number of hydrogen-bond donors (Lipinski definition) is 6. The van der Waals surface area contributed by atoms with E-state index in [1.165, 1.54) is 0 Å². The number of Topliss-reactive ketones (excluding diaryl/α,β-unsaturated/α-hetero) is 2. The fourth-order valence-electron chi connectivity index (χ4n) is 16.0. The van der Waals surface area contributed by atoms with E-state index in [-0.39, 0.29) is 80.0 Å². The van der Waals surface area contributed by atoms with Crippen LogP contribution in [0.1, 0.15) is 154 Å². The Morgan fingerprint density at radius 1 is 0.744 bits per heavy atom. The fourth-order valence-corrected chi connectivity index (χ4v) is 16.0. The van der Waals surface area contributed by atoms with Crippen molar-refractivity contribution in [3.63, 3.8) is 0 Å². The van der Waals surface area contributed by atoms with Gasteiger partial charge in [0.25, 0.3) is 0 Å². The van der Waals surface area contributed by atoms with E-state index >= 15 is 4.79 Å². The maximum Gasteiger partial charge on any atom is 0.346 e. The molecule has 0 radical (unpaired) electrons. The molecule has 17 heteroatoms. The monoisotopic (exact) mass is 1100 g/mol. The van der Waals surface area contributed by atoms with Crippen molar-refractivity contribution in [2.24, 2.45) is 58.2 Å². The molecule has 5 fully saturated rings. The second-order valence-corrected chi connectivity index (χ2v) is 25.4. The third-order valence-electron chi connectivity index (χ3n) is 20.3. The van der Waals surface area contributed by atoms with Crippen LogP contribution >= 0.6 is 0 Å². The molecule has 8 rings (SSSR count). The van der Waals surface area contributed by atoms with Gasteiger partial charge in [-0.1, -0.05) is 89.8 Å². The summed E-state index contributed by atoms with van der Waals surface area (Å²) in [5.41, 5.74) is -1.54. The third kappa shape index (κ3) is 11.1. The Kier molecular flexibility index (Phi) is 18.9. The SMILES string of the molecule is CCC1=C[C@H](CO)C[C@@H](C)[C@H](O[C@H]2C[C@H](O)[C@H](O[C@H]3C[C@H](OC)[C@@H](O[C@@H]4C[C@H](O)[C@H](O)[C@@H](C)O4)[C@H](C)O3)[C@@H](C)O2)[C@H](C)CCC[C@]2(C)C=C(C)[C@H](C)C[C@]23OC(=O)C(=C(O)[C@]2(CC)[C@H]1C(C)=C[C@H]1[C@H]2[C@@H](C)C(=O)C[C@@H]1O)C3=O. The molecule has 0 amide bonds. The molecule has 6 N–H and O–H groups in total. The molecule has 0 aromatic heterocycles. The molecule has 17 nitrogen and oxygen atoms in total. The van der Waals surface area contributed by atoms with Crippen LogP contribution in [0, 0.1) is 58.2 Å². The number of aliphatic hydroxyl groups is 6. The molecule has 2 bridgehead atoms. The van der Waals surface area contributed by atoms with E-state index < -0.39 is 144 Å². The van der Waals surface area contributed by atoms with Gasteiger partial charge < -0.3 is 68.5 Å². The highest BCUT2D eigenvalue weighted by molar-refractivity contribution is 6.26. The molecule has 4 aliphatic heterocycles. The lowest BCUT2D eigenvalue weighted by molar-refractivity contribution is -0.338. The van der Waals surface area contributed by atoms with E-state index in [1.807, 2.05) is 68.4 Å². The van der Waals surface area contributed by atoms with E-state index in [2.05, 4.69) is 26.0 Å². The third-order valence-corrected chi connectivity index (χ3v) is 20.3. The van der Waals surface area contributed by atoms with Crippen LogP contribution < -0.4 is 0 Å². The molecule has 8 aliphatic rings. The number of aliphatic hydroxyl groups excluding tert-OH is 6. The Balaban J connectivity index is 1.09. The zero-order valence-corrected chi connectivity index (χ0v) is 48.6. The highest BCUT2D eigenvalue weighted by Crippen LogP contribution is 2.64. The summed E-state index contributed by atoms with van der Waals surface area (Å²) in [6, 6.07) is 0. The standard InChI is InChI=1S/C61H94O17/c1-14-39-21-38(28-62)19-31(5)53(75-47-24-44(66)54(36(10)73-47)76-48-25-45(71-13)55(37(11)74-48)77-46-23-43(65)52(67)35(9)72-46)29(3)17-16-18-59(12)26-32(6)33(7)27-61(59)57(69)49(58(70)78-61)56(68)60(15-2)50(39)30(4)20-40-42(64)22-41(63)34(8)51(40)60/h20-21,26,29,31,33-38,40,42-48,50-55,62,64-68H,14-19,22-25,27-28H2,1-13H3/t29-,31-,33-,34+,35-,36-,37+,38-,40-,42+,43+,44+,45+,46-,47+,48+,50+,51-,52-,53-,54-,55+,59-,60-,61-/m1/s1. The summed E-state index contributed by atoms with van der Waals surface area (Å²) in [5, 5.41) is 68.8. The van der Waals surface area contributed by atoms with Crippen molar-refractivity contribution >= 4 is 17.5 Å². The van der Waals surface area contributed by atoms with Gasteiger partial charge in [0.15, 0.2) is 24.5 Å². The molecular weight excluding hydrogens is 1000 g/mol. The number of carbonyl (C=O) groups excluding carboxylic acids is 3. The first-order valence-corrected chi connectivity index (χ1v) is 29.4. The predicted molar refractivity (Wildman–Crippen MR) is 287 cm³/mol. The van der Waals surface area contributed by atoms with Crippen molar-refractivity contribution < 1.29 is 82.9 Å². The molecule has 1 spiro atoms. The largest absolute Gasteiger partial charge is 0.511 e. The van der Waals surface area contributed by atoms with E-state index in [4.69, 9.17) is 37.9 Å². The molecule has 440 valence electrons. The molecule has 4 aliphatic carbocycles. The minimum atomic E-state index is -1.62. The topological polar surface area (TPSA) is 246 Å². The smallest absolute Gasteiger partial charge is 0.346 e. The molecular formula is C61H94O17. The molecule has 0 unspecified atom stereocenters. The zero-order valence-electron chi connectivity index (χ0n) is 48.6. The predicted octanol–water partition coefficient (Wildman–Crippen LogP) is 7.28. The van der Waals surface area contributed by atoms with Crippen LogP contribution in [0.3, 0.4) is 0 Å². The Hall–Kier alpha value is -2.91. The maximum atomic E-state index is 15.7. The Morgan fingerprint density at radius 2 is 1.36 bits per heavy atom. The molecule has 0 aromatic rings. The second kappa shape index (κ2) is 24.1. The Labute approximate surface area is 462 Å². The molecule has 4 heterocycles. The number of allylic oxidation sites excluding steroid dienone is 4. The number of fused-ring (bicyclic) bond motifs is 4. The molecule has 25 atom stereocenters. The van der Waals surface area contributed by atoms with Gasteiger partial charge in [-0.25, -0.2) is 4.79 Å². The number of methoxy groups -OCH3 is 1. The van der Waals surface area contributed by atoms with Gasteiger partial charge in [0.2, 0.25) is 5.78 Å². The van der Waals surface area contributed by atoms with Crippen LogP contribution in [0.5, 0.6) is 0 Å². The van der Waals surface area contributed by atoms with E-state index in [0.29, 0.717) is 32.1 Å². The molecule has 0 aromatic carbocycles. The number of ketones is 2. The van der Waals surface area contributed by atoms with Crippen molar-refractivity contribution in [1.82, 2.24) is 0 Å². The van der Waals surface area contributed by atoms with E-state index in [1.54, 1.807) is 14.0 Å². The van der Waals surface area contributed by atoms with E-state index in [0.717, 1.165) is 16.7 Å². The number of carbonyl (C=O) groups is 3. The molecule has 4 saturated heterocycles. The first kappa shape index (κ1) is 61.2. The van der Waals surface area contributed by atoms with Gasteiger partial charge >= 0.3 is 5.97 Å². The molecule has 1 saturated carbocycles. The summed E-state index contributed by atoms with van der Waals surface area (Å²) >= 11 is 0. The van der Waals surface area contributed by atoms with Crippen LogP contribution in [0.2, 0.25) is 0 Å². The Bertz CT molecular complexity index is 2290. The summed E-state index contributed by atoms with van der Waals surface area (Å²) in [7, 11) is 1.57. The lowest BCUT2D eigenvalue weighted by Gasteiger charge is -2.56. The van der Waals surface area contributed by atoms with Crippen LogP contribution in [-0.4, -0.2) is 154 Å². The first-order chi connectivity index (χ1) is 36.8. The normalized spacial score (nSPS) is 47.9. The highest BCUT2D eigenvalue weighted by Gasteiger charge is 2.67. The van der Waals surface area contributed by atoms with Crippen molar-refractivity contribution in [3.8, 4) is 0 Å². The summed E-state index contributed by atoms with van der Waals surface area (Å²) in [6.45, 7) is 23.2. The van der Waals surface area contributed by atoms with Gasteiger partial charge in [0.05, 0.1) is 48.8 Å². The number of hydrogen-bond acceptors (Lipinski definition) is 17. The van der Waals surface area contributed by atoms with Gasteiger partial charge in [0, 0.05) is 80.3 Å². The maximum absolute atomic E-state index is 15.7. The minimum absolute atomic E-state index is 0.0414. The number of rotatable bonds is 10. The highest BCUT2D eigenvalue weighted by atomic mass is 16.7. The van der Waals surface area contributed by atoms with Gasteiger partial charge in [-0.2, -0.15) is 0 Å². The van der Waals surface area contributed by atoms with Gasteiger partial charge in [-0.3, -0.25) is 9.59 Å². The van der Waals surface area contributed by atoms with Crippen LogP contribution in [0.15, 0.2) is 46.3 Å². The average Bonchev–Trinajstić information content (AvgIpc) is 3.88.